The van der Waals surface area contributed by atoms with Crippen molar-refractivity contribution in [2.24, 2.45) is 0 Å². The molecule has 0 bridgehead atoms. The van der Waals surface area contributed by atoms with Crippen molar-refractivity contribution in [3.8, 4) is 46.0 Å². The van der Waals surface area contributed by atoms with Crippen molar-refractivity contribution < 1.29 is 61.7 Å². The lowest BCUT2D eigenvalue weighted by molar-refractivity contribution is -0.207. The van der Waals surface area contributed by atoms with E-state index in [1.54, 1.807) is 62.8 Å². The van der Waals surface area contributed by atoms with Crippen LogP contribution in [0.4, 0.5) is 0 Å². The van der Waals surface area contributed by atoms with Crippen LogP contribution in [0.25, 0.3) is 0 Å². The number of hydrogen-bond donors (Lipinski definition) is 0. The third-order valence-corrected chi connectivity index (χ3v) is 9.14. The molecule has 13 nitrogen and oxygen atoms in total. The van der Waals surface area contributed by atoms with Crippen molar-refractivity contribution in [1.82, 2.24) is 0 Å². The molecule has 0 fully saturated rings. The second kappa shape index (κ2) is 15.8. The third-order valence-electron chi connectivity index (χ3n) is 9.14. The van der Waals surface area contributed by atoms with Crippen molar-refractivity contribution in [2.75, 3.05) is 42.7 Å². The minimum absolute atomic E-state index is 0.309. The summed E-state index contributed by atoms with van der Waals surface area (Å²) in [5, 5.41) is 0. The molecule has 6 rings (SSSR count). The highest BCUT2D eigenvalue weighted by Gasteiger charge is 2.51. The van der Waals surface area contributed by atoms with Crippen molar-refractivity contribution in [1.29, 1.82) is 0 Å². The van der Waals surface area contributed by atoms with Crippen LogP contribution in [0.1, 0.15) is 60.5 Å². The Balaban J connectivity index is 1.58. The predicted octanol–water partition coefficient (Wildman–Crippen LogP) is 6.67. The number of esters is 2. The molecule has 0 spiro atoms. The molecule has 2 heterocycles. The first-order chi connectivity index (χ1) is 25.6. The standard InChI is InChI=1S/C40H42O13/c1-21(41)49-35-27-17-19-29(45-5)37(47-7)33(27)52-32(24-11-15-26(44-4)16-12-24)40(35)53-36-28-18-20-30(46-6)38(48-8)34(28)51-31(39(36)50-22(2)42)23-9-13-25(43-3)14-10-23/h9-20,31-32,35-36,39-40H,1-8H3/t31-,32-,35-,36+,39+,40-/m1/s1. The van der Waals surface area contributed by atoms with E-state index in [0.29, 0.717) is 68.2 Å². The van der Waals surface area contributed by atoms with Gasteiger partial charge in [0.25, 0.3) is 0 Å². The van der Waals surface area contributed by atoms with Gasteiger partial charge in [-0.2, -0.15) is 0 Å². The number of hydrogen-bond acceptors (Lipinski definition) is 13. The number of benzene rings is 4. The first-order valence-electron chi connectivity index (χ1n) is 16.8. The average Bonchev–Trinajstić information content (AvgIpc) is 3.17. The molecule has 0 saturated heterocycles. The average molecular weight is 731 g/mol. The summed E-state index contributed by atoms with van der Waals surface area (Å²) < 4.78 is 66.5. The Hall–Kier alpha value is -5.82. The van der Waals surface area contributed by atoms with Gasteiger partial charge in [-0.25, -0.2) is 0 Å². The molecule has 0 saturated carbocycles. The third kappa shape index (κ3) is 7.16. The number of methoxy groups -OCH3 is 6. The Morgan fingerprint density at radius 3 is 1.32 bits per heavy atom. The molecule has 0 amide bonds. The summed E-state index contributed by atoms with van der Waals surface area (Å²) in [6, 6.07) is 21.3. The fourth-order valence-electron chi connectivity index (χ4n) is 6.77. The van der Waals surface area contributed by atoms with Gasteiger partial charge in [-0.05, 0) is 59.7 Å². The van der Waals surface area contributed by atoms with E-state index in [2.05, 4.69) is 0 Å². The second-order valence-corrected chi connectivity index (χ2v) is 12.2. The van der Waals surface area contributed by atoms with Gasteiger partial charge in [0.15, 0.2) is 47.4 Å². The lowest BCUT2D eigenvalue weighted by Crippen LogP contribution is -2.45. The molecule has 0 radical (unpaired) electrons. The molecule has 2 aliphatic heterocycles. The first-order valence-corrected chi connectivity index (χ1v) is 16.8. The van der Waals surface area contributed by atoms with E-state index in [1.807, 2.05) is 24.3 Å². The molecular weight excluding hydrogens is 688 g/mol. The molecule has 13 heteroatoms. The summed E-state index contributed by atoms with van der Waals surface area (Å²) in [4.78, 5) is 25.8. The van der Waals surface area contributed by atoms with Gasteiger partial charge >= 0.3 is 11.9 Å². The Kier molecular flexibility index (Phi) is 11.0. The van der Waals surface area contributed by atoms with Crippen LogP contribution in [0.5, 0.6) is 46.0 Å². The number of ether oxygens (including phenoxy) is 11. The molecule has 4 aromatic rings. The van der Waals surface area contributed by atoms with Gasteiger partial charge in [0, 0.05) is 25.0 Å². The van der Waals surface area contributed by atoms with Gasteiger partial charge in [-0.15, -0.1) is 0 Å². The van der Waals surface area contributed by atoms with Gasteiger partial charge in [0.05, 0.1) is 42.7 Å². The Morgan fingerprint density at radius 1 is 0.491 bits per heavy atom. The van der Waals surface area contributed by atoms with Crippen LogP contribution in [-0.2, 0) is 23.8 Å². The van der Waals surface area contributed by atoms with E-state index in [9.17, 15) is 9.59 Å². The molecule has 2 aliphatic rings. The van der Waals surface area contributed by atoms with Crippen LogP contribution in [0.2, 0.25) is 0 Å². The molecule has 0 unspecified atom stereocenters. The Bertz CT molecular complexity index is 1920. The van der Waals surface area contributed by atoms with E-state index in [4.69, 9.17) is 52.1 Å². The van der Waals surface area contributed by atoms with Gasteiger partial charge in [0.1, 0.15) is 23.7 Å². The van der Waals surface area contributed by atoms with Gasteiger partial charge in [0.2, 0.25) is 11.5 Å². The second-order valence-electron chi connectivity index (χ2n) is 12.2. The first kappa shape index (κ1) is 37.0. The minimum Gasteiger partial charge on any atom is -0.497 e. The van der Waals surface area contributed by atoms with Crippen molar-refractivity contribution >= 4 is 11.9 Å². The number of fused-ring (bicyclic) bond motifs is 2. The highest BCUT2D eigenvalue weighted by atomic mass is 16.6. The van der Waals surface area contributed by atoms with Crippen molar-refractivity contribution in [3.63, 3.8) is 0 Å². The Labute approximate surface area is 307 Å². The predicted molar refractivity (Wildman–Crippen MR) is 189 cm³/mol. The molecular formula is C40H42O13. The normalized spacial score (nSPS) is 21.4. The van der Waals surface area contributed by atoms with Crippen LogP contribution in [0.3, 0.4) is 0 Å². The van der Waals surface area contributed by atoms with Crippen LogP contribution in [0, 0.1) is 0 Å². The lowest BCUT2D eigenvalue weighted by atomic mass is 9.88. The molecule has 6 atom stereocenters. The maximum atomic E-state index is 12.9. The van der Waals surface area contributed by atoms with E-state index in [-0.39, 0.29) is 0 Å². The lowest BCUT2D eigenvalue weighted by Gasteiger charge is -2.44. The van der Waals surface area contributed by atoms with Gasteiger partial charge in [-0.1, -0.05) is 24.3 Å². The largest absolute Gasteiger partial charge is 0.497 e. The summed E-state index contributed by atoms with van der Waals surface area (Å²) in [6.07, 6.45) is -6.02. The smallest absolute Gasteiger partial charge is 0.303 e. The zero-order chi connectivity index (χ0) is 37.8. The van der Waals surface area contributed by atoms with Gasteiger partial charge in [-0.3, -0.25) is 9.59 Å². The summed E-state index contributed by atoms with van der Waals surface area (Å²) in [6.45, 7) is 2.63. The maximum absolute atomic E-state index is 12.9. The van der Waals surface area contributed by atoms with E-state index in [1.165, 1.54) is 42.3 Å². The fourth-order valence-corrected chi connectivity index (χ4v) is 6.77. The molecule has 0 aromatic heterocycles. The number of rotatable bonds is 12. The number of carbonyl (C=O) groups excluding carboxylic acids is 2. The zero-order valence-corrected chi connectivity index (χ0v) is 30.7. The molecule has 0 aliphatic carbocycles. The monoisotopic (exact) mass is 730 g/mol. The summed E-state index contributed by atoms with van der Waals surface area (Å²) in [5.41, 5.74) is 2.29. The highest BCUT2D eigenvalue weighted by Crippen LogP contribution is 2.56. The SMILES string of the molecule is COc1ccc([C@H]2Oc3c(ccc(OC)c3OC)[C@@H](OC(C)=O)[C@@H]2O[C@H]2c3ccc(OC)c(OC)c3O[C@H](c3ccc(OC)cc3)[C@@H]2OC(C)=O)cc1. The summed E-state index contributed by atoms with van der Waals surface area (Å²) in [5.74, 6) is 2.18. The highest BCUT2D eigenvalue weighted by molar-refractivity contribution is 5.68. The molecule has 4 aromatic carbocycles. The van der Waals surface area contributed by atoms with Crippen LogP contribution >= 0.6 is 0 Å². The fraction of sp³-hybridized carbons (Fsp3) is 0.350. The molecule has 280 valence electrons. The van der Waals surface area contributed by atoms with Gasteiger partial charge < -0.3 is 52.1 Å². The van der Waals surface area contributed by atoms with Crippen LogP contribution < -0.4 is 37.9 Å². The molecule has 0 N–H and O–H groups in total. The quantitative estimate of drug-likeness (QED) is 0.144. The van der Waals surface area contributed by atoms with Crippen molar-refractivity contribution in [2.45, 2.75) is 50.5 Å². The van der Waals surface area contributed by atoms with E-state index >= 15 is 0 Å². The van der Waals surface area contributed by atoms with Crippen LogP contribution in [0.15, 0.2) is 72.8 Å². The minimum atomic E-state index is -1.06. The van der Waals surface area contributed by atoms with Crippen LogP contribution in [-0.4, -0.2) is 66.8 Å². The topological polar surface area (TPSA) is 136 Å². The van der Waals surface area contributed by atoms with Crippen molar-refractivity contribution in [3.05, 3.63) is 95.1 Å². The summed E-state index contributed by atoms with van der Waals surface area (Å²) >= 11 is 0. The van der Waals surface area contributed by atoms with E-state index in [0.717, 1.165) is 0 Å². The molecule has 53 heavy (non-hydrogen) atoms. The van der Waals surface area contributed by atoms with E-state index < -0.39 is 48.6 Å². The summed E-state index contributed by atoms with van der Waals surface area (Å²) in [7, 11) is 9.18. The maximum Gasteiger partial charge on any atom is 0.303 e. The zero-order valence-electron chi connectivity index (χ0n) is 30.7. The Morgan fingerprint density at radius 2 is 0.925 bits per heavy atom. The number of carbonyl (C=O) groups is 2.